The molecule has 1 amide bonds. The van der Waals surface area contributed by atoms with E-state index in [2.05, 4.69) is 10.0 Å². The second kappa shape index (κ2) is 11.1. The maximum Gasteiger partial charge on any atom is 0.240 e. The zero-order valence-corrected chi connectivity index (χ0v) is 19.6. The Kier molecular flexibility index (Phi) is 8.23. The Bertz CT molecular complexity index is 1060. The minimum Gasteiger partial charge on any atom is -0.493 e. The summed E-state index contributed by atoms with van der Waals surface area (Å²) in [7, 11) is 0.720. The molecule has 33 heavy (non-hydrogen) atoms. The predicted octanol–water partition coefficient (Wildman–Crippen LogP) is 1.86. The van der Waals surface area contributed by atoms with E-state index in [-0.39, 0.29) is 30.3 Å². The number of hydrogen-bond donors (Lipinski definition) is 2. The number of nitrogens with one attached hydrogen (secondary N) is 2. The van der Waals surface area contributed by atoms with Crippen LogP contribution in [0.5, 0.6) is 28.7 Å². The number of sulfonamides is 1. The van der Waals surface area contributed by atoms with Gasteiger partial charge in [0.1, 0.15) is 0 Å². The lowest BCUT2D eigenvalue weighted by molar-refractivity contribution is -0.121. The van der Waals surface area contributed by atoms with Gasteiger partial charge in [0.05, 0.1) is 39.4 Å². The molecule has 2 aromatic rings. The Labute approximate surface area is 193 Å². The van der Waals surface area contributed by atoms with E-state index in [0.717, 1.165) is 12.0 Å². The van der Waals surface area contributed by atoms with Crippen LogP contribution in [0, 0.1) is 0 Å². The van der Waals surface area contributed by atoms with Gasteiger partial charge in [-0.15, -0.1) is 0 Å². The molecule has 1 heterocycles. The maximum atomic E-state index is 12.6. The van der Waals surface area contributed by atoms with Crippen LogP contribution < -0.4 is 33.7 Å². The summed E-state index contributed by atoms with van der Waals surface area (Å²) in [5.74, 6) is 1.99. The lowest BCUT2D eigenvalue weighted by Crippen LogP contribution is -2.30. The predicted molar refractivity (Wildman–Crippen MR) is 120 cm³/mol. The van der Waals surface area contributed by atoms with Crippen LogP contribution in [0.2, 0.25) is 0 Å². The van der Waals surface area contributed by atoms with Gasteiger partial charge in [-0.1, -0.05) is 0 Å². The molecule has 0 aromatic heterocycles. The van der Waals surface area contributed by atoms with Gasteiger partial charge in [0.2, 0.25) is 21.7 Å². The summed E-state index contributed by atoms with van der Waals surface area (Å²) in [5, 5.41) is 2.75. The fraction of sp³-hybridized carbons (Fsp3) is 0.409. The minimum absolute atomic E-state index is 0.0335. The molecule has 11 heteroatoms. The highest BCUT2D eigenvalue weighted by Crippen LogP contribution is 2.38. The standard InChI is InChI=1S/C22H28N2O8S/c1-28-19-11-15(12-20(29-2)22(19)30-3)14-23-21(25)7-8-24-33(26,27)16-5-6-17-18(13-16)32-10-4-9-31-17/h5-6,11-13,24H,4,7-10,14H2,1-3H3,(H,23,25). The van der Waals surface area contributed by atoms with E-state index in [0.29, 0.717) is 42.0 Å². The number of amides is 1. The number of fused-ring (bicyclic) bond motifs is 1. The molecule has 2 aromatic carbocycles. The first-order valence-electron chi connectivity index (χ1n) is 10.3. The molecule has 0 bridgehead atoms. The van der Waals surface area contributed by atoms with Crippen LogP contribution in [0.4, 0.5) is 0 Å². The van der Waals surface area contributed by atoms with Crippen LogP contribution in [-0.2, 0) is 21.4 Å². The first-order valence-corrected chi connectivity index (χ1v) is 11.8. The Balaban J connectivity index is 1.54. The highest BCUT2D eigenvalue weighted by atomic mass is 32.2. The number of ether oxygens (including phenoxy) is 5. The van der Waals surface area contributed by atoms with E-state index in [4.69, 9.17) is 23.7 Å². The van der Waals surface area contributed by atoms with E-state index < -0.39 is 10.0 Å². The van der Waals surface area contributed by atoms with Gasteiger partial charge in [0, 0.05) is 32.0 Å². The second-order valence-corrected chi connectivity index (χ2v) is 8.88. The molecule has 10 nitrogen and oxygen atoms in total. The molecule has 1 aliphatic rings. The summed E-state index contributed by atoms with van der Waals surface area (Å²) in [6.07, 6.45) is 0.689. The van der Waals surface area contributed by atoms with Crippen LogP contribution in [0.3, 0.4) is 0 Å². The van der Waals surface area contributed by atoms with Crippen LogP contribution in [0.1, 0.15) is 18.4 Å². The third-order valence-corrected chi connectivity index (χ3v) is 6.35. The van der Waals surface area contributed by atoms with Crippen molar-refractivity contribution in [2.75, 3.05) is 41.1 Å². The molecule has 3 rings (SSSR count). The highest BCUT2D eigenvalue weighted by molar-refractivity contribution is 7.89. The number of methoxy groups -OCH3 is 3. The van der Waals surface area contributed by atoms with E-state index in [1.165, 1.54) is 33.5 Å². The van der Waals surface area contributed by atoms with Crippen molar-refractivity contribution in [1.82, 2.24) is 10.0 Å². The van der Waals surface area contributed by atoms with Crippen molar-refractivity contribution in [2.45, 2.75) is 24.3 Å². The monoisotopic (exact) mass is 480 g/mol. The Hall–Kier alpha value is -3.18. The zero-order chi connectivity index (χ0) is 23.8. The molecule has 1 aliphatic heterocycles. The fourth-order valence-electron chi connectivity index (χ4n) is 3.22. The van der Waals surface area contributed by atoms with Crippen molar-refractivity contribution >= 4 is 15.9 Å². The normalized spacial score (nSPS) is 13.1. The smallest absolute Gasteiger partial charge is 0.240 e. The number of carbonyl (C=O) groups is 1. The molecule has 180 valence electrons. The van der Waals surface area contributed by atoms with Crippen molar-refractivity contribution in [2.24, 2.45) is 0 Å². The SMILES string of the molecule is COc1cc(CNC(=O)CCNS(=O)(=O)c2ccc3c(c2)OCCCO3)cc(OC)c1OC. The van der Waals surface area contributed by atoms with Crippen molar-refractivity contribution in [3.05, 3.63) is 35.9 Å². The zero-order valence-electron chi connectivity index (χ0n) is 18.8. The number of benzene rings is 2. The average molecular weight is 481 g/mol. The van der Waals surface area contributed by atoms with E-state index in [1.54, 1.807) is 18.2 Å². The van der Waals surface area contributed by atoms with Gasteiger partial charge in [-0.05, 0) is 29.8 Å². The number of carbonyl (C=O) groups excluding carboxylic acids is 1. The maximum absolute atomic E-state index is 12.6. The molecule has 0 radical (unpaired) electrons. The topological polar surface area (TPSA) is 121 Å². The molecular formula is C22H28N2O8S. The molecule has 0 spiro atoms. The molecule has 0 fully saturated rings. The summed E-state index contributed by atoms with van der Waals surface area (Å²) in [6.45, 7) is 1.13. The van der Waals surface area contributed by atoms with Gasteiger partial charge < -0.3 is 29.0 Å². The molecule has 0 saturated carbocycles. The van der Waals surface area contributed by atoms with Gasteiger partial charge in [0.15, 0.2) is 23.0 Å². The first kappa shape index (κ1) is 24.5. The van der Waals surface area contributed by atoms with Crippen LogP contribution in [-0.4, -0.2) is 55.4 Å². The minimum atomic E-state index is -3.81. The Morgan fingerprint density at radius 1 is 0.970 bits per heavy atom. The summed E-state index contributed by atoms with van der Waals surface area (Å²) < 4.78 is 54.6. The molecule has 0 unspecified atom stereocenters. The third kappa shape index (κ3) is 6.20. The average Bonchev–Trinajstić information content (AvgIpc) is 3.06. The molecule has 0 atom stereocenters. The highest BCUT2D eigenvalue weighted by Gasteiger charge is 2.19. The van der Waals surface area contributed by atoms with Crippen LogP contribution >= 0.6 is 0 Å². The van der Waals surface area contributed by atoms with Crippen LogP contribution in [0.25, 0.3) is 0 Å². The lowest BCUT2D eigenvalue weighted by Gasteiger charge is -2.14. The van der Waals surface area contributed by atoms with Gasteiger partial charge in [0.25, 0.3) is 0 Å². The third-order valence-electron chi connectivity index (χ3n) is 4.89. The van der Waals surface area contributed by atoms with Crippen molar-refractivity contribution in [3.63, 3.8) is 0 Å². The van der Waals surface area contributed by atoms with E-state index in [1.807, 2.05) is 0 Å². The largest absolute Gasteiger partial charge is 0.493 e. The number of hydrogen-bond acceptors (Lipinski definition) is 8. The van der Waals surface area contributed by atoms with Gasteiger partial charge in [-0.3, -0.25) is 4.79 Å². The van der Waals surface area contributed by atoms with E-state index in [9.17, 15) is 13.2 Å². The van der Waals surface area contributed by atoms with Gasteiger partial charge in [-0.2, -0.15) is 0 Å². The Morgan fingerprint density at radius 2 is 1.64 bits per heavy atom. The fourth-order valence-corrected chi connectivity index (χ4v) is 4.27. The van der Waals surface area contributed by atoms with Crippen LogP contribution in [0.15, 0.2) is 35.2 Å². The summed E-state index contributed by atoms with van der Waals surface area (Å²) >= 11 is 0. The molecule has 0 saturated heterocycles. The summed E-state index contributed by atoms with van der Waals surface area (Å²) in [6, 6.07) is 7.90. The van der Waals surface area contributed by atoms with Gasteiger partial charge in [-0.25, -0.2) is 13.1 Å². The van der Waals surface area contributed by atoms with Crippen molar-refractivity contribution in [1.29, 1.82) is 0 Å². The lowest BCUT2D eigenvalue weighted by atomic mass is 10.1. The Morgan fingerprint density at radius 3 is 2.27 bits per heavy atom. The second-order valence-electron chi connectivity index (χ2n) is 7.12. The summed E-state index contributed by atoms with van der Waals surface area (Å²) in [4.78, 5) is 12.3. The first-order chi connectivity index (χ1) is 15.9. The van der Waals surface area contributed by atoms with E-state index >= 15 is 0 Å². The molecular weight excluding hydrogens is 452 g/mol. The molecule has 0 aliphatic carbocycles. The number of rotatable bonds is 10. The quantitative estimate of drug-likeness (QED) is 0.529. The summed E-state index contributed by atoms with van der Waals surface area (Å²) in [5.41, 5.74) is 0.741. The van der Waals surface area contributed by atoms with Crippen molar-refractivity contribution in [3.8, 4) is 28.7 Å². The van der Waals surface area contributed by atoms with Gasteiger partial charge >= 0.3 is 0 Å². The van der Waals surface area contributed by atoms with Crippen molar-refractivity contribution < 1.29 is 36.9 Å². The molecule has 2 N–H and O–H groups in total.